The highest BCUT2D eigenvalue weighted by Crippen LogP contribution is 1.99. The lowest BCUT2D eigenvalue weighted by atomic mass is 10.1. The number of amides is 2. The molecule has 0 unspecified atom stereocenters. The van der Waals surface area contributed by atoms with E-state index in [4.69, 9.17) is 10.2 Å². The molecule has 0 spiro atoms. The van der Waals surface area contributed by atoms with Crippen LogP contribution in [0.15, 0.2) is 30.3 Å². The first-order chi connectivity index (χ1) is 10.4. The SMILES string of the molecule is O=C(O)CC[C@@H](NC(=O)CNC(=O)c1ccccc1)C(=O)O. The highest BCUT2D eigenvalue weighted by atomic mass is 16.4. The fourth-order valence-corrected chi connectivity index (χ4v) is 1.62. The molecule has 4 N–H and O–H groups in total. The maximum absolute atomic E-state index is 11.7. The largest absolute Gasteiger partial charge is 0.481 e. The Morgan fingerprint density at radius 2 is 1.68 bits per heavy atom. The topological polar surface area (TPSA) is 133 Å². The Bertz CT molecular complexity index is 558. The monoisotopic (exact) mass is 308 g/mol. The Morgan fingerprint density at radius 3 is 2.23 bits per heavy atom. The summed E-state index contributed by atoms with van der Waals surface area (Å²) in [5.74, 6) is -3.66. The van der Waals surface area contributed by atoms with E-state index in [2.05, 4.69) is 10.6 Å². The zero-order valence-electron chi connectivity index (χ0n) is 11.6. The van der Waals surface area contributed by atoms with Crippen molar-refractivity contribution in [3.05, 3.63) is 35.9 Å². The molecule has 1 aromatic rings. The molecule has 0 fully saturated rings. The number of carbonyl (C=O) groups excluding carboxylic acids is 2. The van der Waals surface area contributed by atoms with Crippen LogP contribution in [0.5, 0.6) is 0 Å². The van der Waals surface area contributed by atoms with E-state index in [1.54, 1.807) is 30.3 Å². The highest BCUT2D eigenvalue weighted by molar-refractivity contribution is 5.96. The molecular weight excluding hydrogens is 292 g/mol. The van der Waals surface area contributed by atoms with Gasteiger partial charge in [0.05, 0.1) is 6.54 Å². The summed E-state index contributed by atoms with van der Waals surface area (Å²) in [6.45, 7) is -0.398. The van der Waals surface area contributed by atoms with Crippen molar-refractivity contribution in [3.63, 3.8) is 0 Å². The van der Waals surface area contributed by atoms with Crippen molar-refractivity contribution >= 4 is 23.8 Å². The Labute approximate surface area is 126 Å². The quantitative estimate of drug-likeness (QED) is 0.528. The molecule has 0 saturated carbocycles. The van der Waals surface area contributed by atoms with Crippen LogP contribution in [0, 0.1) is 0 Å². The minimum absolute atomic E-state index is 0.233. The van der Waals surface area contributed by atoms with E-state index in [1.165, 1.54) is 0 Å². The van der Waals surface area contributed by atoms with Crippen LogP contribution in [0.25, 0.3) is 0 Å². The molecule has 0 aromatic heterocycles. The van der Waals surface area contributed by atoms with Crippen LogP contribution in [-0.4, -0.2) is 46.6 Å². The summed E-state index contributed by atoms with van der Waals surface area (Å²) in [6, 6.07) is 6.91. The van der Waals surface area contributed by atoms with Gasteiger partial charge >= 0.3 is 11.9 Å². The molecule has 0 saturated heterocycles. The summed E-state index contributed by atoms with van der Waals surface area (Å²) in [7, 11) is 0. The Morgan fingerprint density at radius 1 is 1.05 bits per heavy atom. The number of hydrogen-bond donors (Lipinski definition) is 4. The predicted octanol–water partition coefficient (Wildman–Crippen LogP) is -0.149. The third-order valence-electron chi connectivity index (χ3n) is 2.73. The van der Waals surface area contributed by atoms with E-state index in [-0.39, 0.29) is 12.8 Å². The van der Waals surface area contributed by atoms with Crippen LogP contribution < -0.4 is 10.6 Å². The summed E-state index contributed by atoms with van der Waals surface area (Å²) in [5, 5.41) is 21.9. The van der Waals surface area contributed by atoms with Crippen LogP contribution in [0.3, 0.4) is 0 Å². The zero-order chi connectivity index (χ0) is 16.5. The van der Waals surface area contributed by atoms with E-state index in [0.29, 0.717) is 5.56 Å². The predicted molar refractivity (Wildman–Crippen MR) is 75.2 cm³/mol. The molecule has 0 aliphatic carbocycles. The third kappa shape index (κ3) is 6.04. The van der Waals surface area contributed by atoms with Gasteiger partial charge in [0.2, 0.25) is 5.91 Å². The van der Waals surface area contributed by atoms with Gasteiger partial charge in [-0.2, -0.15) is 0 Å². The fourth-order valence-electron chi connectivity index (χ4n) is 1.62. The van der Waals surface area contributed by atoms with Crippen LogP contribution in [0.1, 0.15) is 23.2 Å². The first-order valence-corrected chi connectivity index (χ1v) is 6.47. The van der Waals surface area contributed by atoms with Crippen molar-refractivity contribution in [2.45, 2.75) is 18.9 Å². The second kappa shape index (κ2) is 8.40. The number of aliphatic carboxylic acids is 2. The van der Waals surface area contributed by atoms with Crippen molar-refractivity contribution < 1.29 is 29.4 Å². The average Bonchev–Trinajstić information content (AvgIpc) is 2.49. The molecule has 8 heteroatoms. The molecule has 0 aliphatic heterocycles. The maximum Gasteiger partial charge on any atom is 0.326 e. The van der Waals surface area contributed by atoms with E-state index in [1.807, 2.05) is 0 Å². The molecule has 8 nitrogen and oxygen atoms in total. The van der Waals surface area contributed by atoms with Crippen LogP contribution in [-0.2, 0) is 14.4 Å². The zero-order valence-corrected chi connectivity index (χ0v) is 11.6. The molecule has 0 bridgehead atoms. The number of benzene rings is 1. The normalized spacial score (nSPS) is 11.3. The van der Waals surface area contributed by atoms with E-state index >= 15 is 0 Å². The Hall–Kier alpha value is -2.90. The minimum Gasteiger partial charge on any atom is -0.481 e. The average molecular weight is 308 g/mol. The molecule has 0 heterocycles. The summed E-state index contributed by atoms with van der Waals surface area (Å²) in [4.78, 5) is 44.6. The number of carboxylic acid groups (broad SMARTS) is 2. The van der Waals surface area contributed by atoms with Crippen molar-refractivity contribution in [1.82, 2.24) is 10.6 Å². The molecule has 0 radical (unpaired) electrons. The standard InChI is InChI=1S/C14H16N2O6/c17-11(16-10(14(21)22)6-7-12(18)19)8-15-13(20)9-4-2-1-3-5-9/h1-5,10H,6-8H2,(H,15,20)(H,16,17)(H,18,19)(H,21,22)/t10-/m1/s1. The summed E-state index contributed by atoms with van der Waals surface area (Å²) in [5.41, 5.74) is 0.371. The van der Waals surface area contributed by atoms with E-state index in [9.17, 15) is 19.2 Å². The Kier molecular flexibility index (Phi) is 6.55. The second-order valence-corrected chi connectivity index (χ2v) is 4.44. The van der Waals surface area contributed by atoms with Crippen molar-refractivity contribution in [1.29, 1.82) is 0 Å². The molecule has 1 rings (SSSR count). The van der Waals surface area contributed by atoms with Gasteiger partial charge in [0, 0.05) is 12.0 Å². The van der Waals surface area contributed by atoms with Crippen LogP contribution in [0.2, 0.25) is 0 Å². The summed E-state index contributed by atoms with van der Waals surface area (Å²) in [6.07, 6.45) is -0.614. The van der Waals surface area contributed by atoms with E-state index in [0.717, 1.165) is 0 Å². The summed E-state index contributed by atoms with van der Waals surface area (Å²) >= 11 is 0. The molecule has 22 heavy (non-hydrogen) atoms. The lowest BCUT2D eigenvalue weighted by molar-refractivity contribution is -0.142. The first kappa shape index (κ1) is 17.2. The number of carbonyl (C=O) groups is 4. The number of rotatable bonds is 8. The smallest absolute Gasteiger partial charge is 0.326 e. The fraction of sp³-hybridized carbons (Fsp3) is 0.286. The van der Waals surface area contributed by atoms with Gasteiger partial charge in [-0.3, -0.25) is 14.4 Å². The minimum atomic E-state index is -1.33. The van der Waals surface area contributed by atoms with Gasteiger partial charge in [0.25, 0.3) is 5.91 Å². The lowest BCUT2D eigenvalue weighted by Gasteiger charge is -2.13. The van der Waals surface area contributed by atoms with Gasteiger partial charge in [-0.05, 0) is 18.6 Å². The van der Waals surface area contributed by atoms with Gasteiger partial charge < -0.3 is 20.8 Å². The molecule has 2 amide bonds. The number of hydrogen-bond acceptors (Lipinski definition) is 4. The molecule has 118 valence electrons. The lowest BCUT2D eigenvalue weighted by Crippen LogP contribution is -2.45. The van der Waals surface area contributed by atoms with Gasteiger partial charge in [-0.15, -0.1) is 0 Å². The molecule has 1 aromatic carbocycles. The Balaban J connectivity index is 2.45. The first-order valence-electron chi connectivity index (χ1n) is 6.47. The van der Waals surface area contributed by atoms with Crippen LogP contribution in [0.4, 0.5) is 0 Å². The van der Waals surface area contributed by atoms with Crippen molar-refractivity contribution in [2.75, 3.05) is 6.54 Å². The summed E-state index contributed by atoms with van der Waals surface area (Å²) < 4.78 is 0. The number of nitrogens with one attached hydrogen (secondary N) is 2. The molecule has 1 atom stereocenters. The molecular formula is C14H16N2O6. The van der Waals surface area contributed by atoms with Crippen molar-refractivity contribution in [2.24, 2.45) is 0 Å². The highest BCUT2D eigenvalue weighted by Gasteiger charge is 2.21. The number of carboxylic acids is 2. The maximum atomic E-state index is 11.7. The third-order valence-corrected chi connectivity index (χ3v) is 2.73. The van der Waals surface area contributed by atoms with Gasteiger partial charge in [-0.25, -0.2) is 4.79 Å². The van der Waals surface area contributed by atoms with Gasteiger partial charge in [0.15, 0.2) is 0 Å². The second-order valence-electron chi connectivity index (χ2n) is 4.44. The van der Waals surface area contributed by atoms with Crippen LogP contribution >= 0.6 is 0 Å². The molecule has 0 aliphatic rings. The van der Waals surface area contributed by atoms with Crippen molar-refractivity contribution in [3.8, 4) is 0 Å². The van der Waals surface area contributed by atoms with Gasteiger partial charge in [-0.1, -0.05) is 18.2 Å². The van der Waals surface area contributed by atoms with Gasteiger partial charge in [0.1, 0.15) is 6.04 Å². The van der Waals surface area contributed by atoms with E-state index < -0.39 is 36.3 Å².